The number of rotatable bonds is 8. The van der Waals surface area contributed by atoms with Crippen molar-refractivity contribution in [2.75, 3.05) is 31.5 Å². The number of benzene rings is 1. The number of likely N-dealkylation sites (N-methyl/N-ethyl adjacent to an activating group) is 1. The normalized spacial score (nSPS) is 14.8. The van der Waals surface area contributed by atoms with Crippen molar-refractivity contribution in [2.45, 2.75) is 33.6 Å². The van der Waals surface area contributed by atoms with Gasteiger partial charge in [-0.25, -0.2) is 8.78 Å². The van der Waals surface area contributed by atoms with E-state index in [-0.39, 0.29) is 16.8 Å². The SMILES string of the molecule is CCN(CC)CCNC(=O)c1c(C)[nH]c(/C=C2\C(=O)Nc3cccc(Br)c32)c1C(C)(F)F. The first-order valence-corrected chi connectivity index (χ1v) is 11.3. The maximum Gasteiger partial charge on any atom is 0.273 e. The average Bonchev–Trinajstić information content (AvgIpc) is 3.22. The number of anilines is 1. The summed E-state index contributed by atoms with van der Waals surface area (Å²) in [5.74, 6) is -4.26. The highest BCUT2D eigenvalue weighted by atomic mass is 79.9. The second-order valence-electron chi connectivity index (χ2n) is 7.76. The summed E-state index contributed by atoms with van der Waals surface area (Å²) >= 11 is 3.42. The predicted octanol–water partition coefficient (Wildman–Crippen LogP) is 4.76. The van der Waals surface area contributed by atoms with Crippen molar-refractivity contribution in [3.05, 3.63) is 50.8 Å². The molecule has 9 heteroatoms. The van der Waals surface area contributed by atoms with Gasteiger partial charge < -0.3 is 20.5 Å². The number of nitrogens with zero attached hydrogens (tertiary/aromatic N) is 1. The molecule has 32 heavy (non-hydrogen) atoms. The molecule has 2 heterocycles. The zero-order chi connectivity index (χ0) is 23.6. The van der Waals surface area contributed by atoms with Gasteiger partial charge in [-0.1, -0.05) is 35.8 Å². The molecular formula is C23H27BrF2N4O2. The van der Waals surface area contributed by atoms with Crippen LogP contribution >= 0.6 is 15.9 Å². The lowest BCUT2D eigenvalue weighted by Crippen LogP contribution is -2.35. The number of carbonyl (C=O) groups is 2. The summed E-state index contributed by atoms with van der Waals surface area (Å²) in [7, 11) is 0. The Labute approximate surface area is 194 Å². The Morgan fingerprint density at radius 1 is 1.28 bits per heavy atom. The van der Waals surface area contributed by atoms with Crippen molar-refractivity contribution in [3.8, 4) is 0 Å². The fraction of sp³-hybridized carbons (Fsp3) is 0.391. The standard InChI is InChI=1S/C23H27BrF2N4O2/c1-5-30(6-2)11-10-27-22(32)18-13(3)28-17(20(18)23(4,25)26)12-14-19-15(24)8-7-9-16(19)29-21(14)31/h7-9,12,28H,5-6,10-11H2,1-4H3,(H,27,32)(H,29,31)/b14-12-. The van der Waals surface area contributed by atoms with Crippen LogP contribution in [0.1, 0.15) is 53.6 Å². The number of hydrogen-bond donors (Lipinski definition) is 3. The summed E-state index contributed by atoms with van der Waals surface area (Å²) in [6, 6.07) is 5.29. The van der Waals surface area contributed by atoms with E-state index >= 15 is 0 Å². The molecule has 0 fully saturated rings. The number of alkyl halides is 2. The summed E-state index contributed by atoms with van der Waals surface area (Å²) in [5, 5.41) is 5.49. The first-order valence-electron chi connectivity index (χ1n) is 10.5. The Morgan fingerprint density at radius 2 is 1.97 bits per heavy atom. The number of aromatic nitrogens is 1. The fourth-order valence-electron chi connectivity index (χ4n) is 3.94. The van der Waals surface area contributed by atoms with E-state index in [9.17, 15) is 18.4 Å². The highest BCUT2D eigenvalue weighted by Gasteiger charge is 2.36. The highest BCUT2D eigenvalue weighted by Crippen LogP contribution is 2.41. The Hall–Kier alpha value is -2.52. The van der Waals surface area contributed by atoms with Gasteiger partial charge in [0.1, 0.15) is 0 Å². The van der Waals surface area contributed by atoms with Crippen LogP contribution in [0.3, 0.4) is 0 Å². The molecule has 1 aromatic heterocycles. The van der Waals surface area contributed by atoms with Gasteiger partial charge in [-0.15, -0.1) is 0 Å². The number of aryl methyl sites for hydroxylation is 1. The molecule has 0 bridgehead atoms. The van der Waals surface area contributed by atoms with E-state index < -0.39 is 23.3 Å². The van der Waals surface area contributed by atoms with Gasteiger partial charge in [-0.05, 0) is 38.2 Å². The third-order valence-electron chi connectivity index (χ3n) is 5.56. The van der Waals surface area contributed by atoms with E-state index in [4.69, 9.17) is 0 Å². The van der Waals surface area contributed by atoms with Crippen molar-refractivity contribution in [1.82, 2.24) is 15.2 Å². The highest BCUT2D eigenvalue weighted by molar-refractivity contribution is 9.10. The maximum absolute atomic E-state index is 14.7. The molecule has 3 N–H and O–H groups in total. The van der Waals surface area contributed by atoms with E-state index in [0.717, 1.165) is 20.0 Å². The third-order valence-corrected chi connectivity index (χ3v) is 6.22. The van der Waals surface area contributed by atoms with Crippen LogP contribution in [0.5, 0.6) is 0 Å². The van der Waals surface area contributed by atoms with Gasteiger partial charge in [0.25, 0.3) is 17.7 Å². The summed E-state index contributed by atoms with van der Waals surface area (Å²) in [5.41, 5.74) is 1.29. The van der Waals surface area contributed by atoms with Gasteiger partial charge in [-0.2, -0.15) is 0 Å². The van der Waals surface area contributed by atoms with Crippen molar-refractivity contribution in [3.63, 3.8) is 0 Å². The molecule has 0 atom stereocenters. The Kier molecular flexibility index (Phi) is 7.19. The number of carbonyl (C=O) groups excluding carboxylic acids is 2. The third kappa shape index (κ3) is 4.78. The van der Waals surface area contributed by atoms with Crippen LogP contribution in [0.2, 0.25) is 0 Å². The lowest BCUT2D eigenvalue weighted by atomic mass is 9.99. The fourth-order valence-corrected chi connectivity index (χ4v) is 4.52. The maximum atomic E-state index is 14.7. The number of halogens is 3. The first kappa shape index (κ1) is 24.1. The van der Waals surface area contributed by atoms with Crippen molar-refractivity contribution in [1.29, 1.82) is 0 Å². The minimum atomic E-state index is -3.30. The Bertz CT molecular complexity index is 1070. The summed E-state index contributed by atoms with van der Waals surface area (Å²) < 4.78 is 30.1. The number of aromatic amines is 1. The first-order chi connectivity index (χ1) is 15.1. The van der Waals surface area contributed by atoms with Crippen molar-refractivity contribution >= 4 is 45.1 Å². The van der Waals surface area contributed by atoms with Crippen LogP contribution in [0.25, 0.3) is 11.6 Å². The average molecular weight is 509 g/mol. The van der Waals surface area contributed by atoms with Crippen LogP contribution in [0.4, 0.5) is 14.5 Å². The lowest BCUT2D eigenvalue weighted by molar-refractivity contribution is -0.110. The van der Waals surface area contributed by atoms with Gasteiger partial charge in [-0.3, -0.25) is 9.59 Å². The minimum absolute atomic E-state index is 0.0395. The van der Waals surface area contributed by atoms with Crippen LogP contribution < -0.4 is 10.6 Å². The largest absolute Gasteiger partial charge is 0.358 e. The molecule has 0 saturated carbocycles. The van der Waals surface area contributed by atoms with Crippen LogP contribution in [-0.2, 0) is 10.7 Å². The molecule has 1 aliphatic rings. The summed E-state index contributed by atoms with van der Waals surface area (Å²) in [4.78, 5) is 30.4. The van der Waals surface area contributed by atoms with Gasteiger partial charge in [0.05, 0.1) is 22.4 Å². The van der Waals surface area contributed by atoms with Gasteiger partial charge >= 0.3 is 0 Å². The Morgan fingerprint density at radius 3 is 2.59 bits per heavy atom. The number of nitrogens with one attached hydrogen (secondary N) is 3. The molecule has 3 rings (SSSR count). The van der Waals surface area contributed by atoms with E-state index in [1.165, 1.54) is 6.08 Å². The molecular weight excluding hydrogens is 482 g/mol. The summed E-state index contributed by atoms with van der Waals surface area (Å²) in [6.07, 6.45) is 1.39. The monoisotopic (exact) mass is 508 g/mol. The van der Waals surface area contributed by atoms with Crippen LogP contribution in [0, 0.1) is 6.92 Å². The number of H-pyrrole nitrogens is 1. The quantitative estimate of drug-likeness (QED) is 0.449. The number of fused-ring (bicyclic) bond motifs is 1. The molecule has 0 unspecified atom stereocenters. The summed E-state index contributed by atoms with van der Waals surface area (Å²) in [6.45, 7) is 9.02. The van der Waals surface area contributed by atoms with Gasteiger partial charge in [0, 0.05) is 41.4 Å². The number of amides is 2. The molecule has 2 aromatic rings. The molecule has 2 amide bonds. The topological polar surface area (TPSA) is 77.2 Å². The van der Waals surface area contributed by atoms with E-state index in [1.807, 2.05) is 13.8 Å². The van der Waals surface area contributed by atoms with Crippen LogP contribution in [0.15, 0.2) is 22.7 Å². The zero-order valence-electron chi connectivity index (χ0n) is 18.5. The molecule has 1 aliphatic heterocycles. The Balaban J connectivity index is 2.01. The van der Waals surface area contributed by atoms with E-state index in [0.29, 0.717) is 34.5 Å². The molecule has 0 aliphatic carbocycles. The molecule has 1 aromatic carbocycles. The van der Waals surface area contributed by atoms with Gasteiger partial charge in [0.2, 0.25) is 0 Å². The predicted molar refractivity (Wildman–Crippen MR) is 126 cm³/mol. The number of hydrogen-bond acceptors (Lipinski definition) is 3. The lowest BCUT2D eigenvalue weighted by Gasteiger charge is -2.18. The second kappa shape index (κ2) is 9.54. The smallest absolute Gasteiger partial charge is 0.273 e. The minimum Gasteiger partial charge on any atom is -0.358 e. The van der Waals surface area contributed by atoms with E-state index in [1.54, 1.807) is 25.1 Å². The molecule has 0 saturated heterocycles. The second-order valence-corrected chi connectivity index (χ2v) is 8.61. The molecule has 0 spiro atoms. The van der Waals surface area contributed by atoms with Crippen molar-refractivity contribution < 1.29 is 18.4 Å². The zero-order valence-corrected chi connectivity index (χ0v) is 20.1. The molecule has 6 nitrogen and oxygen atoms in total. The van der Waals surface area contributed by atoms with Crippen LogP contribution in [-0.4, -0.2) is 47.9 Å². The van der Waals surface area contributed by atoms with Gasteiger partial charge in [0.15, 0.2) is 0 Å². The molecule has 0 radical (unpaired) electrons. The van der Waals surface area contributed by atoms with E-state index in [2.05, 4.69) is 36.4 Å². The molecule has 172 valence electrons. The van der Waals surface area contributed by atoms with Crippen molar-refractivity contribution in [2.24, 2.45) is 0 Å².